The van der Waals surface area contributed by atoms with Crippen LogP contribution in [0.5, 0.6) is 0 Å². The Morgan fingerprint density at radius 2 is 1.21 bits per heavy atom. The Morgan fingerprint density at radius 1 is 0.690 bits per heavy atom. The van der Waals surface area contributed by atoms with E-state index in [9.17, 15) is 9.59 Å². The molecule has 1 aromatic rings. The molecule has 0 saturated heterocycles. The van der Waals surface area contributed by atoms with E-state index in [0.717, 1.165) is 25.7 Å². The fraction of sp³-hybridized carbons (Fsp3) is 0.600. The zero-order valence-corrected chi connectivity index (χ0v) is 18.1. The van der Waals surface area contributed by atoms with Crippen molar-refractivity contribution in [2.24, 2.45) is 0 Å². The SMILES string of the molecule is CCCCCCCCCCC#CCOC(=O)c1ccc(C(=O)OCCCC)cc1. The van der Waals surface area contributed by atoms with Crippen LogP contribution in [0.15, 0.2) is 24.3 Å². The molecule has 0 aromatic heterocycles. The molecule has 0 aliphatic carbocycles. The summed E-state index contributed by atoms with van der Waals surface area (Å²) in [6.45, 7) is 4.78. The molecule has 1 rings (SSSR count). The molecule has 0 N–H and O–H groups in total. The fourth-order valence-electron chi connectivity index (χ4n) is 2.81. The van der Waals surface area contributed by atoms with Crippen molar-refractivity contribution in [2.45, 2.75) is 84.5 Å². The van der Waals surface area contributed by atoms with Gasteiger partial charge in [0.2, 0.25) is 0 Å². The van der Waals surface area contributed by atoms with Crippen molar-refractivity contribution in [3.8, 4) is 11.8 Å². The van der Waals surface area contributed by atoms with Crippen LogP contribution in [0.3, 0.4) is 0 Å². The maximum atomic E-state index is 12.0. The molecule has 4 nitrogen and oxygen atoms in total. The van der Waals surface area contributed by atoms with Crippen LogP contribution in [0.4, 0.5) is 0 Å². The maximum Gasteiger partial charge on any atom is 0.339 e. The number of rotatable bonds is 14. The van der Waals surface area contributed by atoms with Gasteiger partial charge in [-0.1, -0.05) is 77.1 Å². The molecule has 1 aromatic carbocycles. The molecule has 0 aliphatic heterocycles. The van der Waals surface area contributed by atoms with E-state index in [1.807, 2.05) is 6.92 Å². The first-order valence-electron chi connectivity index (χ1n) is 11.1. The number of unbranched alkanes of at least 4 members (excludes halogenated alkanes) is 9. The van der Waals surface area contributed by atoms with Crippen LogP contribution in [0.1, 0.15) is 105 Å². The second-order valence-corrected chi connectivity index (χ2v) is 7.22. The largest absolute Gasteiger partial charge is 0.462 e. The van der Waals surface area contributed by atoms with E-state index in [1.54, 1.807) is 24.3 Å². The second-order valence-electron chi connectivity index (χ2n) is 7.22. The van der Waals surface area contributed by atoms with Gasteiger partial charge < -0.3 is 9.47 Å². The van der Waals surface area contributed by atoms with Gasteiger partial charge in [0.1, 0.15) is 0 Å². The summed E-state index contributed by atoms with van der Waals surface area (Å²) in [5, 5.41) is 0. The van der Waals surface area contributed by atoms with Gasteiger partial charge in [-0.15, -0.1) is 0 Å². The standard InChI is InChI=1S/C25H36O4/c1-3-5-7-8-9-10-11-12-13-14-15-21-29-25(27)23-18-16-22(17-19-23)24(26)28-20-6-4-2/h16-19H,3-13,20-21H2,1-2H3. The molecular formula is C25H36O4. The van der Waals surface area contributed by atoms with Crippen LogP contribution in [-0.4, -0.2) is 25.2 Å². The molecule has 0 unspecified atom stereocenters. The Hall–Kier alpha value is -2.28. The third-order valence-electron chi connectivity index (χ3n) is 4.64. The number of esters is 2. The van der Waals surface area contributed by atoms with E-state index in [1.165, 1.54) is 44.9 Å². The lowest BCUT2D eigenvalue weighted by molar-refractivity contribution is 0.0496. The minimum absolute atomic E-state index is 0.0939. The zero-order valence-electron chi connectivity index (χ0n) is 18.1. The van der Waals surface area contributed by atoms with E-state index in [-0.39, 0.29) is 12.6 Å². The molecule has 0 atom stereocenters. The van der Waals surface area contributed by atoms with Crippen LogP contribution < -0.4 is 0 Å². The predicted molar refractivity (Wildman–Crippen MR) is 117 cm³/mol. The Morgan fingerprint density at radius 3 is 1.79 bits per heavy atom. The number of ether oxygens (including phenoxy) is 2. The lowest BCUT2D eigenvalue weighted by Crippen LogP contribution is -2.08. The van der Waals surface area contributed by atoms with Gasteiger partial charge in [-0.3, -0.25) is 0 Å². The van der Waals surface area contributed by atoms with Crippen molar-refractivity contribution in [3.05, 3.63) is 35.4 Å². The third kappa shape index (κ3) is 12.0. The molecule has 160 valence electrons. The highest BCUT2D eigenvalue weighted by Gasteiger charge is 2.10. The maximum absolute atomic E-state index is 12.0. The van der Waals surface area contributed by atoms with Crippen molar-refractivity contribution in [1.82, 2.24) is 0 Å². The van der Waals surface area contributed by atoms with Crippen LogP contribution in [-0.2, 0) is 9.47 Å². The van der Waals surface area contributed by atoms with E-state index in [4.69, 9.17) is 9.47 Å². The van der Waals surface area contributed by atoms with Gasteiger partial charge in [-0.25, -0.2) is 9.59 Å². The minimum atomic E-state index is -0.433. The van der Waals surface area contributed by atoms with E-state index >= 15 is 0 Å². The summed E-state index contributed by atoms with van der Waals surface area (Å²) in [5.74, 6) is 5.16. The Balaban J connectivity index is 2.17. The highest BCUT2D eigenvalue weighted by Crippen LogP contribution is 2.10. The first-order chi connectivity index (χ1) is 14.2. The summed E-state index contributed by atoms with van der Waals surface area (Å²) in [5.41, 5.74) is 0.836. The van der Waals surface area contributed by atoms with Gasteiger partial charge in [0.25, 0.3) is 0 Å². The summed E-state index contributed by atoms with van der Waals surface area (Å²) in [7, 11) is 0. The van der Waals surface area contributed by atoms with Crippen LogP contribution in [0.2, 0.25) is 0 Å². The van der Waals surface area contributed by atoms with Gasteiger partial charge in [0.05, 0.1) is 17.7 Å². The van der Waals surface area contributed by atoms with Gasteiger partial charge in [0.15, 0.2) is 6.61 Å². The van der Waals surface area contributed by atoms with Crippen molar-refractivity contribution >= 4 is 11.9 Å². The van der Waals surface area contributed by atoms with E-state index in [2.05, 4.69) is 18.8 Å². The topological polar surface area (TPSA) is 52.6 Å². The smallest absolute Gasteiger partial charge is 0.339 e. The average molecular weight is 401 g/mol. The van der Waals surface area contributed by atoms with Crippen molar-refractivity contribution < 1.29 is 19.1 Å². The van der Waals surface area contributed by atoms with Crippen molar-refractivity contribution in [2.75, 3.05) is 13.2 Å². The number of carbonyl (C=O) groups is 2. The second kappa shape index (κ2) is 16.7. The monoisotopic (exact) mass is 400 g/mol. The summed E-state index contributed by atoms with van der Waals surface area (Å²) in [6, 6.07) is 6.32. The molecule has 0 radical (unpaired) electrons. The molecule has 0 spiro atoms. The number of hydrogen-bond donors (Lipinski definition) is 0. The van der Waals surface area contributed by atoms with Gasteiger partial charge in [0, 0.05) is 6.42 Å². The molecule has 0 bridgehead atoms. The normalized spacial score (nSPS) is 10.1. The molecule has 29 heavy (non-hydrogen) atoms. The van der Waals surface area contributed by atoms with E-state index < -0.39 is 5.97 Å². The fourth-order valence-corrected chi connectivity index (χ4v) is 2.81. The predicted octanol–water partition coefficient (Wildman–Crippen LogP) is 6.33. The Bertz CT molecular complexity index is 637. The molecule has 0 saturated carbocycles. The molecule has 0 heterocycles. The number of carbonyl (C=O) groups excluding carboxylic acids is 2. The first-order valence-corrected chi connectivity index (χ1v) is 11.1. The minimum Gasteiger partial charge on any atom is -0.462 e. The van der Waals surface area contributed by atoms with Crippen LogP contribution in [0, 0.1) is 11.8 Å². The quantitative estimate of drug-likeness (QED) is 0.208. The van der Waals surface area contributed by atoms with Crippen molar-refractivity contribution in [3.63, 3.8) is 0 Å². The highest BCUT2D eigenvalue weighted by molar-refractivity contribution is 5.93. The highest BCUT2D eigenvalue weighted by atomic mass is 16.5. The number of benzene rings is 1. The molecule has 0 amide bonds. The summed E-state index contributed by atoms with van der Waals surface area (Å²) in [6.07, 6.45) is 12.9. The lowest BCUT2D eigenvalue weighted by Gasteiger charge is -2.05. The van der Waals surface area contributed by atoms with Gasteiger partial charge in [-0.2, -0.15) is 0 Å². The van der Waals surface area contributed by atoms with Gasteiger partial charge in [-0.05, 0) is 37.1 Å². The number of hydrogen-bond acceptors (Lipinski definition) is 4. The Labute approximate surface area is 176 Å². The summed E-state index contributed by atoms with van der Waals surface area (Å²) >= 11 is 0. The average Bonchev–Trinajstić information content (AvgIpc) is 2.74. The molecular weight excluding hydrogens is 364 g/mol. The van der Waals surface area contributed by atoms with Gasteiger partial charge >= 0.3 is 11.9 Å². The zero-order chi connectivity index (χ0) is 21.2. The van der Waals surface area contributed by atoms with Crippen molar-refractivity contribution in [1.29, 1.82) is 0 Å². The molecule has 0 aliphatic rings. The van der Waals surface area contributed by atoms with Crippen LogP contribution in [0.25, 0.3) is 0 Å². The third-order valence-corrected chi connectivity index (χ3v) is 4.64. The molecule has 0 fully saturated rings. The summed E-state index contributed by atoms with van der Waals surface area (Å²) < 4.78 is 10.3. The Kier molecular flexibility index (Phi) is 14.2. The lowest BCUT2D eigenvalue weighted by atomic mass is 10.1. The first kappa shape index (κ1) is 24.8. The summed E-state index contributed by atoms with van der Waals surface area (Å²) in [4.78, 5) is 23.9. The van der Waals surface area contributed by atoms with E-state index in [0.29, 0.717) is 17.7 Å². The molecule has 4 heteroatoms. The van der Waals surface area contributed by atoms with Crippen LogP contribution >= 0.6 is 0 Å².